The molecular formula is C6H5ClO4S2. The second kappa shape index (κ2) is 3.65. The Kier molecular flexibility index (Phi) is 2.94. The first kappa shape index (κ1) is 10.5. The third-order valence-electron chi connectivity index (χ3n) is 1.29. The van der Waals surface area contributed by atoms with Crippen LogP contribution in [0.4, 0.5) is 0 Å². The molecule has 0 bridgehead atoms. The average Bonchev–Trinajstić information content (AvgIpc) is 2.49. The van der Waals surface area contributed by atoms with Crippen LogP contribution in [0.1, 0.15) is 10.4 Å². The average molecular weight is 241 g/mol. The van der Waals surface area contributed by atoms with Gasteiger partial charge < -0.3 is 4.74 Å². The number of carbonyl (C=O) groups is 1. The Morgan fingerprint density at radius 3 is 2.62 bits per heavy atom. The fourth-order valence-electron chi connectivity index (χ4n) is 0.733. The molecule has 0 radical (unpaired) electrons. The molecule has 0 aliphatic carbocycles. The maximum atomic E-state index is 11.0. The van der Waals surface area contributed by atoms with Crippen molar-refractivity contribution in [3.05, 3.63) is 16.3 Å². The molecule has 0 atom stereocenters. The molecule has 0 amide bonds. The van der Waals surface area contributed by atoms with Crippen LogP contribution in [0.25, 0.3) is 0 Å². The van der Waals surface area contributed by atoms with Crippen molar-refractivity contribution in [1.82, 2.24) is 0 Å². The van der Waals surface area contributed by atoms with Crippen molar-refractivity contribution in [2.75, 3.05) is 7.11 Å². The minimum Gasteiger partial charge on any atom is -0.465 e. The van der Waals surface area contributed by atoms with Crippen LogP contribution >= 0.6 is 22.0 Å². The topological polar surface area (TPSA) is 60.4 Å². The van der Waals surface area contributed by atoms with Crippen molar-refractivity contribution in [2.45, 2.75) is 4.90 Å². The predicted molar refractivity (Wildman–Crippen MR) is 48.7 cm³/mol. The first-order valence-corrected chi connectivity index (χ1v) is 6.31. The molecule has 1 aromatic rings. The van der Waals surface area contributed by atoms with E-state index in [4.69, 9.17) is 10.7 Å². The van der Waals surface area contributed by atoms with Crippen LogP contribution in [-0.2, 0) is 13.8 Å². The standard InChI is InChI=1S/C6H5ClO4S2/c1-11-6(8)4-2-12-3-5(4)13(7,9)10/h2-3H,1H3. The van der Waals surface area contributed by atoms with Gasteiger partial charge in [0.2, 0.25) is 0 Å². The molecule has 0 fully saturated rings. The summed E-state index contributed by atoms with van der Waals surface area (Å²) in [5, 5.41) is 2.66. The van der Waals surface area contributed by atoms with Crippen LogP contribution in [0, 0.1) is 0 Å². The summed E-state index contributed by atoms with van der Waals surface area (Å²) in [6, 6.07) is 0. The molecule has 0 saturated carbocycles. The zero-order valence-corrected chi connectivity index (χ0v) is 8.87. The zero-order chi connectivity index (χ0) is 10.1. The summed E-state index contributed by atoms with van der Waals surface area (Å²) >= 11 is 1.07. The summed E-state index contributed by atoms with van der Waals surface area (Å²) in [5.41, 5.74) is -0.0255. The Labute approximate surface area is 83.5 Å². The smallest absolute Gasteiger partial charge is 0.340 e. The summed E-state index contributed by atoms with van der Waals surface area (Å²) in [5.74, 6) is -0.708. The molecule has 0 aromatic carbocycles. The van der Waals surface area contributed by atoms with Gasteiger partial charge in [-0.25, -0.2) is 13.2 Å². The normalized spacial score (nSPS) is 11.2. The van der Waals surface area contributed by atoms with Gasteiger partial charge in [0.15, 0.2) is 0 Å². The number of ether oxygens (including phenoxy) is 1. The molecule has 0 unspecified atom stereocenters. The Hall–Kier alpha value is -0.590. The van der Waals surface area contributed by atoms with Crippen molar-refractivity contribution in [3.8, 4) is 0 Å². The van der Waals surface area contributed by atoms with E-state index in [-0.39, 0.29) is 10.5 Å². The molecule has 1 aromatic heterocycles. The number of hydrogen-bond acceptors (Lipinski definition) is 5. The maximum absolute atomic E-state index is 11.0. The predicted octanol–water partition coefficient (Wildman–Crippen LogP) is 1.46. The zero-order valence-electron chi connectivity index (χ0n) is 6.48. The second-order valence-corrected chi connectivity index (χ2v) is 5.36. The molecule has 1 rings (SSSR count). The molecule has 0 N–H and O–H groups in total. The van der Waals surface area contributed by atoms with E-state index in [1.54, 1.807) is 0 Å². The van der Waals surface area contributed by atoms with E-state index in [1.807, 2.05) is 0 Å². The minimum atomic E-state index is -3.86. The van der Waals surface area contributed by atoms with Crippen molar-refractivity contribution in [3.63, 3.8) is 0 Å². The van der Waals surface area contributed by atoms with Gasteiger partial charge >= 0.3 is 5.97 Å². The largest absolute Gasteiger partial charge is 0.465 e. The van der Waals surface area contributed by atoms with Crippen LogP contribution in [-0.4, -0.2) is 21.5 Å². The molecule has 7 heteroatoms. The fraction of sp³-hybridized carbons (Fsp3) is 0.167. The van der Waals surface area contributed by atoms with Gasteiger partial charge in [0.25, 0.3) is 9.05 Å². The highest BCUT2D eigenvalue weighted by molar-refractivity contribution is 8.13. The molecule has 0 aliphatic rings. The number of hydrogen-bond donors (Lipinski definition) is 0. The third kappa shape index (κ3) is 2.20. The summed E-state index contributed by atoms with van der Waals surface area (Å²) in [7, 11) is 2.39. The first-order chi connectivity index (χ1) is 5.96. The lowest BCUT2D eigenvalue weighted by Gasteiger charge is -1.97. The lowest BCUT2D eigenvalue weighted by molar-refractivity contribution is 0.0597. The quantitative estimate of drug-likeness (QED) is 0.580. The summed E-state index contributed by atoms with van der Waals surface area (Å²) in [6.07, 6.45) is 0. The van der Waals surface area contributed by atoms with Gasteiger partial charge in [-0.05, 0) is 0 Å². The van der Waals surface area contributed by atoms with Crippen molar-refractivity contribution in [2.24, 2.45) is 0 Å². The van der Waals surface area contributed by atoms with Crippen molar-refractivity contribution in [1.29, 1.82) is 0 Å². The molecule has 72 valence electrons. The number of methoxy groups -OCH3 is 1. The van der Waals surface area contributed by atoms with E-state index in [1.165, 1.54) is 17.9 Å². The van der Waals surface area contributed by atoms with Gasteiger partial charge in [0.05, 0.1) is 12.7 Å². The highest BCUT2D eigenvalue weighted by Crippen LogP contribution is 2.24. The van der Waals surface area contributed by atoms with Crippen LogP contribution in [0.3, 0.4) is 0 Å². The van der Waals surface area contributed by atoms with Gasteiger partial charge in [0, 0.05) is 21.4 Å². The number of rotatable bonds is 2. The van der Waals surface area contributed by atoms with Gasteiger partial charge in [0.1, 0.15) is 4.90 Å². The highest BCUT2D eigenvalue weighted by atomic mass is 35.7. The van der Waals surface area contributed by atoms with E-state index in [9.17, 15) is 13.2 Å². The number of thiophene rings is 1. The van der Waals surface area contributed by atoms with Crippen LogP contribution in [0.2, 0.25) is 0 Å². The molecule has 0 saturated heterocycles. The Bertz CT molecular complexity index is 420. The van der Waals surface area contributed by atoms with Crippen molar-refractivity contribution < 1.29 is 17.9 Å². The van der Waals surface area contributed by atoms with E-state index >= 15 is 0 Å². The highest BCUT2D eigenvalue weighted by Gasteiger charge is 2.21. The van der Waals surface area contributed by atoms with Crippen molar-refractivity contribution >= 4 is 37.0 Å². The minimum absolute atomic E-state index is 0.0255. The van der Waals surface area contributed by atoms with Gasteiger partial charge in [-0.1, -0.05) is 0 Å². The third-order valence-corrected chi connectivity index (χ3v) is 3.55. The summed E-state index contributed by atoms with van der Waals surface area (Å²) in [6.45, 7) is 0. The van der Waals surface area contributed by atoms with Crippen LogP contribution in [0.5, 0.6) is 0 Å². The van der Waals surface area contributed by atoms with E-state index in [2.05, 4.69) is 4.74 Å². The molecule has 0 aliphatic heterocycles. The number of halogens is 1. The second-order valence-electron chi connectivity index (χ2n) is 2.08. The number of carbonyl (C=O) groups excluding carboxylic acids is 1. The summed E-state index contributed by atoms with van der Waals surface area (Å²) in [4.78, 5) is 10.8. The Morgan fingerprint density at radius 2 is 2.15 bits per heavy atom. The molecule has 1 heterocycles. The summed E-state index contributed by atoms with van der Waals surface area (Å²) < 4.78 is 26.2. The monoisotopic (exact) mass is 240 g/mol. The fourth-order valence-corrected chi connectivity index (χ4v) is 3.09. The SMILES string of the molecule is COC(=O)c1cscc1S(=O)(=O)Cl. The van der Waals surface area contributed by atoms with Gasteiger partial charge in [-0.15, -0.1) is 0 Å². The maximum Gasteiger partial charge on any atom is 0.340 e. The van der Waals surface area contributed by atoms with Gasteiger partial charge in [-0.2, -0.15) is 11.3 Å². The van der Waals surface area contributed by atoms with Crippen LogP contribution < -0.4 is 0 Å². The Balaban J connectivity index is 3.26. The van der Waals surface area contributed by atoms with E-state index in [0.717, 1.165) is 11.3 Å². The van der Waals surface area contributed by atoms with E-state index in [0.29, 0.717) is 0 Å². The molecule has 4 nitrogen and oxygen atoms in total. The Morgan fingerprint density at radius 1 is 1.54 bits per heavy atom. The van der Waals surface area contributed by atoms with E-state index < -0.39 is 15.0 Å². The molecule has 0 spiro atoms. The van der Waals surface area contributed by atoms with Gasteiger partial charge in [-0.3, -0.25) is 0 Å². The molecule has 13 heavy (non-hydrogen) atoms. The number of esters is 1. The van der Waals surface area contributed by atoms with Crippen LogP contribution in [0.15, 0.2) is 15.7 Å². The molecular weight excluding hydrogens is 236 g/mol. The lowest BCUT2D eigenvalue weighted by atomic mass is 10.3. The lowest BCUT2D eigenvalue weighted by Crippen LogP contribution is -2.04. The first-order valence-electron chi connectivity index (χ1n) is 3.06.